The molecule has 0 aromatic heterocycles. The van der Waals surface area contributed by atoms with Crippen molar-refractivity contribution < 1.29 is 33.3 Å². The molecule has 2 aliphatic heterocycles. The largest absolute Gasteiger partial charge is 0.465 e. The highest BCUT2D eigenvalue weighted by molar-refractivity contribution is 6.22. The Bertz CT molecular complexity index is 1010. The fourth-order valence-electron chi connectivity index (χ4n) is 4.03. The van der Waals surface area contributed by atoms with E-state index in [-0.39, 0.29) is 42.5 Å². The van der Waals surface area contributed by atoms with Crippen molar-refractivity contribution in [1.82, 2.24) is 0 Å². The predicted molar refractivity (Wildman–Crippen MR) is 111 cm³/mol. The van der Waals surface area contributed by atoms with Crippen LogP contribution in [0.3, 0.4) is 0 Å². The van der Waals surface area contributed by atoms with Gasteiger partial charge in [0, 0.05) is 24.9 Å². The average molecular weight is 428 g/mol. The number of nitrogens with zero attached hydrogens (tertiary/aromatic N) is 1. The molecule has 2 N–H and O–H groups in total. The second kappa shape index (κ2) is 8.65. The van der Waals surface area contributed by atoms with Crippen molar-refractivity contribution >= 4 is 23.5 Å². The van der Waals surface area contributed by atoms with Gasteiger partial charge in [0.2, 0.25) is 11.8 Å². The first kappa shape index (κ1) is 22.1. The highest BCUT2D eigenvalue weighted by atomic mass is 16.6. The van der Waals surface area contributed by atoms with Gasteiger partial charge in [0.1, 0.15) is 28.9 Å². The van der Waals surface area contributed by atoms with Crippen LogP contribution in [0.5, 0.6) is 0 Å². The van der Waals surface area contributed by atoms with Crippen molar-refractivity contribution in [3.05, 3.63) is 65.3 Å². The smallest absolute Gasteiger partial charge is 0.340 e. The minimum atomic E-state index is -1.89. The Morgan fingerprint density at radius 2 is 1.90 bits per heavy atom. The fraction of sp³-hybridized carbons (Fsp3) is 0.318. The molecule has 0 saturated heterocycles. The Hall–Kier alpha value is -3.59. The van der Waals surface area contributed by atoms with E-state index in [1.807, 2.05) is 0 Å². The van der Waals surface area contributed by atoms with Gasteiger partial charge in [0.05, 0.1) is 13.7 Å². The van der Waals surface area contributed by atoms with Crippen LogP contribution < -0.4 is 10.6 Å². The van der Waals surface area contributed by atoms with Crippen LogP contribution in [-0.2, 0) is 38.7 Å². The van der Waals surface area contributed by atoms with E-state index in [1.54, 1.807) is 30.3 Å². The molecule has 9 nitrogen and oxygen atoms in total. The summed E-state index contributed by atoms with van der Waals surface area (Å²) in [4.78, 5) is 41.5. The summed E-state index contributed by atoms with van der Waals surface area (Å²) in [5.74, 6) is -2.54. The number of amides is 1. The van der Waals surface area contributed by atoms with E-state index < -0.39 is 23.3 Å². The normalized spacial score (nSPS) is 20.0. The molecular weight excluding hydrogens is 404 g/mol. The number of fused-ring (bicyclic) bond motifs is 2. The number of carbonyl (C=O) groups excluding carboxylic acids is 3. The summed E-state index contributed by atoms with van der Waals surface area (Å²) in [7, 11) is 2.62. The maximum Gasteiger partial charge on any atom is 0.340 e. The van der Waals surface area contributed by atoms with Gasteiger partial charge in [0.15, 0.2) is 0 Å². The molecule has 3 rings (SSSR count). The second-order valence-corrected chi connectivity index (χ2v) is 6.86. The van der Waals surface area contributed by atoms with Crippen LogP contribution >= 0.6 is 0 Å². The highest BCUT2D eigenvalue weighted by Gasteiger charge is 2.63. The third-order valence-electron chi connectivity index (χ3n) is 5.20. The number of anilines is 1. The van der Waals surface area contributed by atoms with Crippen molar-refractivity contribution in [3.8, 4) is 0 Å². The number of carbonyl (C=O) groups is 3. The van der Waals surface area contributed by atoms with E-state index >= 15 is 0 Å². The molecule has 2 heterocycles. The maximum absolute atomic E-state index is 14.0. The molecule has 31 heavy (non-hydrogen) atoms. The second-order valence-electron chi connectivity index (χ2n) is 6.86. The number of rotatable bonds is 7. The van der Waals surface area contributed by atoms with E-state index in [1.165, 1.54) is 18.9 Å². The van der Waals surface area contributed by atoms with Crippen LogP contribution in [-0.4, -0.2) is 51.8 Å². The van der Waals surface area contributed by atoms with E-state index in [2.05, 4.69) is 6.58 Å². The molecule has 2 aliphatic rings. The molecule has 0 bridgehead atoms. The molecule has 1 spiro atoms. The van der Waals surface area contributed by atoms with Gasteiger partial charge in [-0.25, -0.2) is 9.59 Å². The summed E-state index contributed by atoms with van der Waals surface area (Å²) in [5, 5.41) is 0. The quantitative estimate of drug-likeness (QED) is 0.392. The van der Waals surface area contributed by atoms with Crippen molar-refractivity contribution in [2.75, 3.05) is 38.9 Å². The topological polar surface area (TPSA) is 117 Å². The lowest BCUT2D eigenvalue weighted by Crippen LogP contribution is -2.50. The van der Waals surface area contributed by atoms with Crippen LogP contribution in [0.1, 0.15) is 12.5 Å². The Balaban J connectivity index is 2.34. The molecule has 164 valence electrons. The predicted octanol–water partition coefficient (Wildman–Crippen LogP) is 1.29. The van der Waals surface area contributed by atoms with Crippen LogP contribution in [0.15, 0.2) is 59.7 Å². The zero-order valence-corrected chi connectivity index (χ0v) is 17.6. The lowest BCUT2D eigenvalue weighted by molar-refractivity contribution is -0.143. The van der Waals surface area contributed by atoms with Crippen molar-refractivity contribution in [2.24, 2.45) is 5.73 Å². The lowest BCUT2D eigenvalue weighted by atomic mass is 9.67. The summed E-state index contributed by atoms with van der Waals surface area (Å²) in [6.07, 6.45) is 1.55. The Morgan fingerprint density at radius 1 is 1.19 bits per heavy atom. The first-order chi connectivity index (χ1) is 14.9. The molecule has 0 aliphatic carbocycles. The van der Waals surface area contributed by atoms with Crippen molar-refractivity contribution in [2.45, 2.75) is 12.3 Å². The summed E-state index contributed by atoms with van der Waals surface area (Å²) >= 11 is 0. The number of esters is 2. The van der Waals surface area contributed by atoms with Crippen LogP contribution in [0.4, 0.5) is 5.69 Å². The molecule has 0 fully saturated rings. The number of ether oxygens (including phenoxy) is 4. The van der Waals surface area contributed by atoms with Gasteiger partial charge in [-0.1, -0.05) is 24.3 Å². The van der Waals surface area contributed by atoms with Crippen LogP contribution in [0, 0.1) is 0 Å². The fourth-order valence-corrected chi connectivity index (χ4v) is 4.03. The lowest BCUT2D eigenvalue weighted by Gasteiger charge is -2.36. The van der Waals surface area contributed by atoms with Gasteiger partial charge in [-0.2, -0.15) is 0 Å². The third kappa shape index (κ3) is 3.27. The van der Waals surface area contributed by atoms with Gasteiger partial charge in [-0.15, -0.1) is 6.58 Å². The van der Waals surface area contributed by atoms with E-state index in [4.69, 9.17) is 24.7 Å². The van der Waals surface area contributed by atoms with Crippen LogP contribution in [0.25, 0.3) is 0 Å². The Labute approximate surface area is 179 Å². The van der Waals surface area contributed by atoms with Crippen LogP contribution in [0.2, 0.25) is 0 Å². The SMILES string of the molecule is C=CCN1C(=O)[C@@]2(C(C(=O)OCCOC)=C(C)OC(N)=C2C(=O)OC)c2ccccc21. The number of benzene rings is 1. The summed E-state index contributed by atoms with van der Waals surface area (Å²) < 4.78 is 20.7. The van der Waals surface area contributed by atoms with Crippen molar-refractivity contribution in [3.63, 3.8) is 0 Å². The Morgan fingerprint density at radius 3 is 2.55 bits per heavy atom. The van der Waals surface area contributed by atoms with E-state index in [0.717, 1.165) is 7.11 Å². The summed E-state index contributed by atoms with van der Waals surface area (Å²) in [5.41, 5.74) is 4.69. The first-order valence-corrected chi connectivity index (χ1v) is 9.52. The number of para-hydroxylation sites is 1. The van der Waals surface area contributed by atoms with Gasteiger partial charge in [-0.05, 0) is 13.0 Å². The molecular formula is C22H24N2O7. The van der Waals surface area contributed by atoms with E-state index in [0.29, 0.717) is 11.3 Å². The molecule has 1 amide bonds. The number of nitrogens with two attached hydrogens (primary N) is 1. The molecule has 0 saturated carbocycles. The number of methoxy groups -OCH3 is 2. The molecule has 1 aromatic carbocycles. The summed E-state index contributed by atoms with van der Waals surface area (Å²) in [6, 6.07) is 6.83. The van der Waals surface area contributed by atoms with Gasteiger partial charge in [0.25, 0.3) is 0 Å². The van der Waals surface area contributed by atoms with E-state index in [9.17, 15) is 14.4 Å². The molecule has 0 unspecified atom stereocenters. The Kier molecular flexibility index (Phi) is 6.16. The van der Waals surface area contributed by atoms with Gasteiger partial charge < -0.3 is 29.6 Å². The number of hydrogen-bond donors (Lipinski definition) is 1. The zero-order chi connectivity index (χ0) is 22.8. The minimum Gasteiger partial charge on any atom is -0.465 e. The van der Waals surface area contributed by atoms with Gasteiger partial charge in [-0.3, -0.25) is 4.79 Å². The minimum absolute atomic E-state index is 0.0520. The average Bonchev–Trinajstić information content (AvgIpc) is 2.97. The van der Waals surface area contributed by atoms with Gasteiger partial charge >= 0.3 is 11.9 Å². The summed E-state index contributed by atoms with van der Waals surface area (Å²) in [6.45, 7) is 5.44. The molecule has 1 atom stereocenters. The highest BCUT2D eigenvalue weighted by Crippen LogP contribution is 2.54. The number of hydrogen-bond acceptors (Lipinski definition) is 8. The monoisotopic (exact) mass is 428 g/mol. The maximum atomic E-state index is 14.0. The molecule has 0 radical (unpaired) electrons. The molecule has 9 heteroatoms. The van der Waals surface area contributed by atoms with Crippen molar-refractivity contribution in [1.29, 1.82) is 0 Å². The number of allylic oxidation sites excluding steroid dienone is 1. The third-order valence-corrected chi connectivity index (χ3v) is 5.20. The molecule has 1 aromatic rings. The zero-order valence-electron chi connectivity index (χ0n) is 17.6. The standard InChI is InChI=1S/C22H24N2O7/c1-5-10-24-15-9-7-6-8-14(15)22(21(24)27)16(20(26)30-12-11-28-3)13(2)31-18(23)17(22)19(25)29-4/h5-9H,1,10-12,23H2,2-4H3/t22-/m1/s1. The first-order valence-electron chi connectivity index (χ1n) is 9.52.